The van der Waals surface area contributed by atoms with Gasteiger partial charge in [-0.25, -0.2) is 9.59 Å². The number of ether oxygens (including phenoxy) is 19. The first-order valence-corrected chi connectivity index (χ1v) is 21.5. The van der Waals surface area contributed by atoms with E-state index in [1.807, 2.05) is 0 Å². The summed E-state index contributed by atoms with van der Waals surface area (Å²) in [6, 6.07) is 0. The quantitative estimate of drug-likeness (QED) is 0.102. The van der Waals surface area contributed by atoms with E-state index in [4.69, 9.17) is 90.0 Å². The third kappa shape index (κ3) is 14.0. The molecule has 69 heavy (non-hydrogen) atoms. The lowest BCUT2D eigenvalue weighted by atomic mass is 9.90. The van der Waals surface area contributed by atoms with Crippen LogP contribution in [0, 0.1) is 5.92 Å². The van der Waals surface area contributed by atoms with Gasteiger partial charge >= 0.3 is 41.8 Å². The number of carbonyl (C=O) groups is 7. The van der Waals surface area contributed by atoms with Gasteiger partial charge in [0.15, 0.2) is 55.7 Å². The van der Waals surface area contributed by atoms with Gasteiger partial charge < -0.3 is 95.1 Å². The summed E-state index contributed by atoms with van der Waals surface area (Å²) in [4.78, 5) is 88.8. The molecule has 0 aromatic heterocycles. The summed E-state index contributed by atoms with van der Waals surface area (Å²) in [5.41, 5.74) is 0. The summed E-state index contributed by atoms with van der Waals surface area (Å²) in [6.45, 7) is 6.14. The molecule has 4 saturated heterocycles. The average molecular weight is 1000 g/mol. The van der Waals surface area contributed by atoms with Crippen LogP contribution in [0.15, 0.2) is 0 Å². The summed E-state index contributed by atoms with van der Waals surface area (Å²) in [5, 5.41) is 11.0. The summed E-state index contributed by atoms with van der Waals surface area (Å²) >= 11 is 0. The van der Waals surface area contributed by atoms with Crippen molar-refractivity contribution in [2.45, 2.75) is 158 Å². The molecule has 0 aromatic rings. The Bertz CT molecular complexity index is 1740. The second-order valence-electron chi connectivity index (χ2n) is 16.0. The number of carbonyl (C=O) groups excluding carboxylic acids is 7. The lowest BCUT2D eigenvalue weighted by Gasteiger charge is -2.51. The van der Waals surface area contributed by atoms with E-state index in [1.165, 1.54) is 49.4 Å². The van der Waals surface area contributed by atoms with Gasteiger partial charge in [-0.05, 0) is 0 Å². The monoisotopic (exact) mass is 1000 g/mol. The Balaban J connectivity index is 1.80. The minimum atomic E-state index is -1.88. The van der Waals surface area contributed by atoms with Crippen molar-refractivity contribution in [2.75, 3.05) is 63.0 Å². The normalized spacial score (nSPS) is 37.9. The number of esters is 7. The fraction of sp³-hybridized carbons (Fsp3) is 0.833. The van der Waals surface area contributed by atoms with E-state index < -0.39 is 171 Å². The molecule has 0 amide bonds. The molecule has 0 bridgehead atoms. The Morgan fingerprint density at radius 2 is 0.812 bits per heavy atom. The van der Waals surface area contributed by atoms with Gasteiger partial charge in [-0.3, -0.25) is 24.0 Å². The third-order valence-electron chi connectivity index (χ3n) is 11.5. The highest BCUT2D eigenvalue weighted by Crippen LogP contribution is 2.39. The smallest absolute Gasteiger partial charge is 0.337 e. The first-order chi connectivity index (χ1) is 32.7. The SMILES string of the molecule is COC(=O)C1O[C@@H](O[C@H]2C(OC(C)=O)C(OC(C)=O)[C@@H](O[C@H]3C(OC)C(OC)[C@@H](O[C@@H]4C(COC(C)=O)O[C@H](OC)C(OC(C)=O)[C@H]4C)O[C@H]3C(=O)OC)O[C@H]2COC(C)=O)C(OC)[C@@H](OC)[C@@H]1O. The molecule has 0 radical (unpaired) electrons. The maximum Gasteiger partial charge on any atom is 0.337 e. The van der Waals surface area contributed by atoms with Crippen molar-refractivity contribution in [2.24, 2.45) is 5.92 Å². The second-order valence-corrected chi connectivity index (χ2v) is 16.0. The Kier molecular flexibility index (Phi) is 21.8. The van der Waals surface area contributed by atoms with Gasteiger partial charge in [0.2, 0.25) is 0 Å². The fourth-order valence-electron chi connectivity index (χ4n) is 8.44. The highest BCUT2D eigenvalue weighted by Gasteiger charge is 2.60. The second kappa shape index (κ2) is 26.3. The highest BCUT2D eigenvalue weighted by molar-refractivity contribution is 5.76. The minimum absolute atomic E-state index is 0.361. The van der Waals surface area contributed by atoms with Gasteiger partial charge in [-0.2, -0.15) is 0 Å². The number of aliphatic hydroxyl groups is 1. The van der Waals surface area contributed by atoms with Crippen LogP contribution in [0.5, 0.6) is 0 Å². The van der Waals surface area contributed by atoms with Crippen LogP contribution >= 0.6 is 0 Å². The maximum atomic E-state index is 13.8. The number of rotatable bonds is 20. The molecule has 4 heterocycles. The molecule has 4 rings (SSSR count). The predicted octanol–water partition coefficient (Wildman–Crippen LogP) is -1.99. The molecular formula is C42H64O27. The third-order valence-corrected chi connectivity index (χ3v) is 11.5. The van der Waals surface area contributed by atoms with Gasteiger partial charge in [-0.1, -0.05) is 6.92 Å². The molecule has 4 aliphatic rings. The molecule has 0 saturated carbocycles. The first-order valence-electron chi connectivity index (χ1n) is 21.5. The van der Waals surface area contributed by atoms with E-state index >= 15 is 0 Å². The topological polar surface area (TPSA) is 315 Å². The molecule has 0 aromatic carbocycles. The van der Waals surface area contributed by atoms with E-state index in [2.05, 4.69) is 0 Å². The zero-order valence-electron chi connectivity index (χ0n) is 40.5. The Morgan fingerprint density at radius 3 is 1.29 bits per heavy atom. The van der Waals surface area contributed by atoms with Gasteiger partial charge in [0.1, 0.15) is 68.1 Å². The molecule has 8 unspecified atom stereocenters. The summed E-state index contributed by atoms with van der Waals surface area (Å²) in [7, 11) is 8.37. The van der Waals surface area contributed by atoms with Crippen LogP contribution in [0.25, 0.3) is 0 Å². The van der Waals surface area contributed by atoms with Gasteiger partial charge in [0.05, 0.1) is 20.3 Å². The van der Waals surface area contributed by atoms with E-state index in [-0.39, 0.29) is 6.61 Å². The van der Waals surface area contributed by atoms with Gasteiger partial charge in [0, 0.05) is 76.1 Å². The minimum Gasteiger partial charge on any atom is -0.467 e. The molecule has 0 spiro atoms. The molecular weight excluding hydrogens is 936 g/mol. The van der Waals surface area contributed by atoms with E-state index in [9.17, 15) is 38.7 Å². The lowest BCUT2D eigenvalue weighted by molar-refractivity contribution is -0.385. The predicted molar refractivity (Wildman–Crippen MR) is 219 cm³/mol. The average Bonchev–Trinajstić information content (AvgIpc) is 3.30. The van der Waals surface area contributed by atoms with Crippen molar-refractivity contribution in [1.29, 1.82) is 0 Å². The molecule has 27 heteroatoms. The lowest BCUT2D eigenvalue weighted by Crippen LogP contribution is -2.69. The molecule has 0 aliphatic carbocycles. The van der Waals surface area contributed by atoms with Crippen LogP contribution < -0.4 is 0 Å². The van der Waals surface area contributed by atoms with Crippen molar-refractivity contribution in [1.82, 2.24) is 0 Å². The number of hydrogen-bond donors (Lipinski definition) is 1. The van der Waals surface area contributed by atoms with Crippen LogP contribution in [0.4, 0.5) is 0 Å². The van der Waals surface area contributed by atoms with Crippen molar-refractivity contribution >= 4 is 41.8 Å². The molecule has 1 N–H and O–H groups in total. The van der Waals surface area contributed by atoms with Crippen LogP contribution in [-0.4, -0.2) is 227 Å². The van der Waals surface area contributed by atoms with E-state index in [0.717, 1.165) is 35.0 Å². The molecule has 27 nitrogen and oxygen atoms in total. The van der Waals surface area contributed by atoms with Gasteiger partial charge in [-0.15, -0.1) is 0 Å². The molecule has 394 valence electrons. The van der Waals surface area contributed by atoms with Crippen molar-refractivity contribution < 1.29 is 129 Å². The Hall–Kier alpha value is -4.23. The van der Waals surface area contributed by atoms with Crippen molar-refractivity contribution in [3.63, 3.8) is 0 Å². The first kappa shape index (κ1) is 57.3. The van der Waals surface area contributed by atoms with Gasteiger partial charge in [0.25, 0.3) is 0 Å². The zero-order valence-corrected chi connectivity index (χ0v) is 40.5. The highest BCUT2D eigenvalue weighted by atomic mass is 16.8. The standard InChI is InChI=1S/C42H64O27/c1-16-25(22(14-58-17(2)43)63-39(57-13)26(16)60-19(4)45)65-41-35(54-10)30(52-8)32(33(69-41)38(50)56-12)68-42-36(62-21(6)47)31(61-20(5)46)27(23(64-42)15-59-18(3)44)66-40-34(53-9)28(51-7)24(48)29(67-40)37(49)55-11/h16,22-36,39-42,48H,14-15H2,1-13H3/t16-,22?,23-,24-,25-,26?,27+,28-,29?,30?,31?,32-,33+,34?,35?,36?,39-,40+,41-,42+/m0/s1. The van der Waals surface area contributed by atoms with Crippen LogP contribution in [0.3, 0.4) is 0 Å². The zero-order chi connectivity index (χ0) is 51.4. The summed E-state index contributed by atoms with van der Waals surface area (Å²) < 4.78 is 110. The summed E-state index contributed by atoms with van der Waals surface area (Å²) in [6.07, 6.45) is -28.4. The van der Waals surface area contributed by atoms with Crippen LogP contribution in [0.1, 0.15) is 41.5 Å². The van der Waals surface area contributed by atoms with Crippen molar-refractivity contribution in [3.8, 4) is 0 Å². The van der Waals surface area contributed by atoms with E-state index in [0.29, 0.717) is 0 Å². The molecule has 4 aliphatic heterocycles. The molecule has 4 fully saturated rings. The van der Waals surface area contributed by atoms with E-state index in [1.54, 1.807) is 6.92 Å². The largest absolute Gasteiger partial charge is 0.467 e. The summed E-state index contributed by atoms with van der Waals surface area (Å²) in [5.74, 6) is -6.88. The Labute approximate surface area is 397 Å². The number of hydrogen-bond acceptors (Lipinski definition) is 27. The van der Waals surface area contributed by atoms with Crippen molar-refractivity contribution in [3.05, 3.63) is 0 Å². The number of methoxy groups -OCH3 is 7. The van der Waals surface area contributed by atoms with Crippen LogP contribution in [0.2, 0.25) is 0 Å². The molecule has 20 atom stereocenters. The number of aliphatic hydroxyl groups excluding tert-OH is 1. The van der Waals surface area contributed by atoms with Crippen LogP contribution in [-0.2, 0) is 124 Å². The fourth-order valence-corrected chi connectivity index (χ4v) is 8.44. The maximum absolute atomic E-state index is 13.8. The Morgan fingerprint density at radius 1 is 0.406 bits per heavy atom.